The van der Waals surface area contributed by atoms with Crippen molar-refractivity contribution in [1.29, 1.82) is 0 Å². The summed E-state index contributed by atoms with van der Waals surface area (Å²) in [5.74, 6) is -0.0766. The van der Waals surface area contributed by atoms with Crippen molar-refractivity contribution in [2.24, 2.45) is 0 Å². The number of thioether (sulfide) groups is 1. The van der Waals surface area contributed by atoms with Crippen LogP contribution in [0.15, 0.2) is 47.4 Å². The molecule has 20 heavy (non-hydrogen) atoms. The summed E-state index contributed by atoms with van der Waals surface area (Å²) in [4.78, 5) is 1.21. The highest BCUT2D eigenvalue weighted by Crippen LogP contribution is 2.27. The summed E-state index contributed by atoms with van der Waals surface area (Å²) in [6, 6.07) is 13.3. The van der Waals surface area contributed by atoms with E-state index < -0.39 is 0 Å². The second kappa shape index (κ2) is 6.77. The highest BCUT2D eigenvalue weighted by molar-refractivity contribution is 7.98. The van der Waals surface area contributed by atoms with E-state index in [4.69, 9.17) is 4.74 Å². The van der Waals surface area contributed by atoms with Crippen molar-refractivity contribution in [2.75, 3.05) is 20.4 Å². The van der Waals surface area contributed by atoms with E-state index >= 15 is 0 Å². The average molecular weight is 291 g/mol. The standard InChI is InChI=1S/C16H18FNOS/c1-18-16(11-4-7-13(20-3)8-5-11)12-6-9-15(19-2)14(17)10-12/h4-10,16,18H,1-3H3. The highest BCUT2D eigenvalue weighted by atomic mass is 32.2. The molecule has 106 valence electrons. The van der Waals surface area contributed by atoms with Crippen LogP contribution in [0, 0.1) is 5.82 Å². The van der Waals surface area contributed by atoms with Crippen LogP contribution in [0.5, 0.6) is 5.75 Å². The van der Waals surface area contributed by atoms with Crippen LogP contribution < -0.4 is 10.1 Å². The summed E-state index contributed by atoms with van der Waals surface area (Å²) in [5, 5.41) is 3.22. The maximum absolute atomic E-state index is 13.8. The molecule has 0 fully saturated rings. The average Bonchev–Trinajstić information content (AvgIpc) is 2.49. The number of benzene rings is 2. The predicted molar refractivity (Wildman–Crippen MR) is 82.1 cm³/mol. The van der Waals surface area contributed by atoms with Crippen molar-refractivity contribution >= 4 is 11.8 Å². The van der Waals surface area contributed by atoms with E-state index in [1.807, 2.05) is 19.4 Å². The first-order chi connectivity index (χ1) is 9.69. The zero-order valence-corrected chi connectivity index (χ0v) is 12.6. The molecule has 2 nitrogen and oxygen atoms in total. The van der Waals surface area contributed by atoms with Crippen molar-refractivity contribution in [3.63, 3.8) is 0 Å². The van der Waals surface area contributed by atoms with Crippen molar-refractivity contribution in [3.8, 4) is 5.75 Å². The molecule has 2 rings (SSSR count). The number of rotatable bonds is 5. The maximum Gasteiger partial charge on any atom is 0.165 e. The molecular formula is C16H18FNOS. The number of nitrogens with one attached hydrogen (secondary N) is 1. The van der Waals surface area contributed by atoms with Gasteiger partial charge in [-0.15, -0.1) is 11.8 Å². The summed E-state index contributed by atoms with van der Waals surface area (Å²) < 4.78 is 18.8. The lowest BCUT2D eigenvalue weighted by Crippen LogP contribution is -2.17. The van der Waals surface area contributed by atoms with E-state index in [2.05, 4.69) is 29.6 Å². The molecule has 0 saturated heterocycles. The molecule has 1 unspecified atom stereocenters. The number of hydrogen-bond donors (Lipinski definition) is 1. The first kappa shape index (κ1) is 14.9. The summed E-state index contributed by atoms with van der Waals surface area (Å²) in [7, 11) is 3.34. The molecule has 0 spiro atoms. The molecule has 1 atom stereocenters. The third kappa shape index (κ3) is 3.14. The van der Waals surface area contributed by atoms with Crippen molar-refractivity contribution in [3.05, 3.63) is 59.4 Å². The Hall–Kier alpha value is -1.52. The lowest BCUT2D eigenvalue weighted by molar-refractivity contribution is 0.386. The second-order valence-corrected chi connectivity index (χ2v) is 5.27. The van der Waals surface area contributed by atoms with Crippen LogP contribution in [0.25, 0.3) is 0 Å². The zero-order valence-electron chi connectivity index (χ0n) is 11.8. The summed E-state index contributed by atoms with van der Waals surface area (Å²) in [5.41, 5.74) is 1.98. The van der Waals surface area contributed by atoms with Crippen LogP contribution in [-0.4, -0.2) is 20.4 Å². The Bertz CT molecular complexity index is 571. The Balaban J connectivity index is 2.33. The molecule has 0 heterocycles. The van der Waals surface area contributed by atoms with Gasteiger partial charge in [-0.25, -0.2) is 4.39 Å². The van der Waals surface area contributed by atoms with Crippen LogP contribution in [0.4, 0.5) is 4.39 Å². The summed E-state index contributed by atoms with van der Waals surface area (Å²) >= 11 is 1.70. The topological polar surface area (TPSA) is 21.3 Å². The minimum atomic E-state index is -0.342. The predicted octanol–water partition coefficient (Wildman–Crippen LogP) is 3.87. The zero-order chi connectivity index (χ0) is 14.5. The van der Waals surface area contributed by atoms with Gasteiger partial charge in [0.05, 0.1) is 13.2 Å². The maximum atomic E-state index is 13.8. The van der Waals surface area contributed by atoms with Crippen LogP contribution in [-0.2, 0) is 0 Å². The van der Waals surface area contributed by atoms with E-state index in [0.29, 0.717) is 0 Å². The Morgan fingerprint density at radius 1 is 1.10 bits per heavy atom. The Kier molecular flexibility index (Phi) is 5.04. The van der Waals surface area contributed by atoms with E-state index in [1.165, 1.54) is 18.1 Å². The molecule has 2 aromatic carbocycles. The lowest BCUT2D eigenvalue weighted by Gasteiger charge is -2.18. The van der Waals surface area contributed by atoms with Crippen molar-refractivity contribution in [1.82, 2.24) is 5.32 Å². The molecule has 2 aromatic rings. The first-order valence-electron chi connectivity index (χ1n) is 6.34. The summed E-state index contributed by atoms with van der Waals surface area (Å²) in [6.07, 6.45) is 2.05. The third-order valence-electron chi connectivity index (χ3n) is 3.25. The number of methoxy groups -OCH3 is 1. The van der Waals surface area contributed by atoms with Gasteiger partial charge in [-0.05, 0) is 48.7 Å². The van der Waals surface area contributed by atoms with E-state index in [0.717, 1.165) is 11.1 Å². The molecule has 0 bridgehead atoms. The van der Waals surface area contributed by atoms with Gasteiger partial charge in [0.2, 0.25) is 0 Å². The molecule has 0 saturated carbocycles. The lowest BCUT2D eigenvalue weighted by atomic mass is 9.98. The molecule has 0 aliphatic carbocycles. The summed E-state index contributed by atoms with van der Waals surface area (Å²) in [6.45, 7) is 0. The fourth-order valence-electron chi connectivity index (χ4n) is 2.18. The van der Waals surface area contributed by atoms with Crippen LogP contribution >= 0.6 is 11.8 Å². The fourth-order valence-corrected chi connectivity index (χ4v) is 2.59. The molecule has 0 aromatic heterocycles. The quantitative estimate of drug-likeness (QED) is 0.845. The molecular weight excluding hydrogens is 273 g/mol. The molecule has 0 amide bonds. The highest BCUT2D eigenvalue weighted by Gasteiger charge is 2.14. The van der Waals surface area contributed by atoms with Crippen molar-refractivity contribution in [2.45, 2.75) is 10.9 Å². The van der Waals surface area contributed by atoms with Gasteiger partial charge in [-0.1, -0.05) is 18.2 Å². The van der Waals surface area contributed by atoms with E-state index in [9.17, 15) is 4.39 Å². The molecule has 4 heteroatoms. The molecule has 1 N–H and O–H groups in total. The van der Waals surface area contributed by atoms with Gasteiger partial charge in [0.25, 0.3) is 0 Å². The normalized spacial score (nSPS) is 12.2. The van der Waals surface area contributed by atoms with Crippen molar-refractivity contribution < 1.29 is 9.13 Å². The SMILES string of the molecule is CNC(c1ccc(SC)cc1)c1ccc(OC)c(F)c1. The molecule has 0 aliphatic rings. The fraction of sp³-hybridized carbons (Fsp3) is 0.250. The van der Waals surface area contributed by atoms with E-state index in [1.54, 1.807) is 17.8 Å². The molecule has 0 radical (unpaired) electrons. The van der Waals surface area contributed by atoms with Crippen LogP contribution in [0.3, 0.4) is 0 Å². The Morgan fingerprint density at radius 3 is 2.25 bits per heavy atom. The van der Waals surface area contributed by atoms with Crippen LogP contribution in [0.1, 0.15) is 17.2 Å². The number of hydrogen-bond acceptors (Lipinski definition) is 3. The van der Waals surface area contributed by atoms with Gasteiger partial charge < -0.3 is 10.1 Å². The number of ether oxygens (including phenoxy) is 1. The Morgan fingerprint density at radius 2 is 1.75 bits per heavy atom. The molecule has 0 aliphatic heterocycles. The second-order valence-electron chi connectivity index (χ2n) is 4.39. The van der Waals surface area contributed by atoms with Gasteiger partial charge in [0.15, 0.2) is 11.6 Å². The first-order valence-corrected chi connectivity index (χ1v) is 7.56. The van der Waals surface area contributed by atoms with E-state index in [-0.39, 0.29) is 17.6 Å². The number of halogens is 1. The van der Waals surface area contributed by atoms with Gasteiger partial charge >= 0.3 is 0 Å². The third-order valence-corrected chi connectivity index (χ3v) is 3.99. The van der Waals surface area contributed by atoms with Gasteiger partial charge in [0, 0.05) is 4.90 Å². The smallest absolute Gasteiger partial charge is 0.165 e. The minimum absolute atomic E-state index is 0.0358. The monoisotopic (exact) mass is 291 g/mol. The minimum Gasteiger partial charge on any atom is -0.494 e. The Labute approximate surface area is 123 Å². The van der Waals surface area contributed by atoms with Gasteiger partial charge in [0.1, 0.15) is 0 Å². The largest absolute Gasteiger partial charge is 0.494 e. The van der Waals surface area contributed by atoms with Crippen LogP contribution in [0.2, 0.25) is 0 Å². The van der Waals surface area contributed by atoms with Gasteiger partial charge in [-0.2, -0.15) is 0 Å². The van der Waals surface area contributed by atoms with Gasteiger partial charge in [-0.3, -0.25) is 0 Å².